The summed E-state index contributed by atoms with van der Waals surface area (Å²) in [6.07, 6.45) is 1.89. The lowest BCUT2D eigenvalue weighted by molar-refractivity contribution is 1.11. The maximum absolute atomic E-state index is 5.19. The molecule has 9 heteroatoms. The van der Waals surface area contributed by atoms with Gasteiger partial charge in [-0.15, -0.1) is 0 Å². The SMILES string of the molecule is c1ccc(N2B3N(c4cccc(-n5c6ccccc6n6c7ccccc7nc56)c4)c4ccc(-n5c6ccccc6c6cccnc65)cc4N3c3ccccc32)cc1. The number of hydrogen-bond acceptors (Lipinski definition) is 5. The van der Waals surface area contributed by atoms with Crippen LogP contribution in [0.2, 0.25) is 0 Å². The van der Waals surface area contributed by atoms with E-state index in [-0.39, 0.29) is 7.12 Å². The summed E-state index contributed by atoms with van der Waals surface area (Å²) in [6.45, 7) is 0. The molecule has 0 unspecified atom stereocenters. The molecule has 7 aromatic carbocycles. The second-order valence-corrected chi connectivity index (χ2v) is 14.8. The zero-order chi connectivity index (χ0) is 37.2. The predicted octanol–water partition coefficient (Wildman–Crippen LogP) is 11.3. The monoisotopic (exact) mass is 730 g/mol. The molecule has 0 saturated carbocycles. The van der Waals surface area contributed by atoms with Gasteiger partial charge in [0.15, 0.2) is 0 Å². The zero-order valence-electron chi connectivity index (χ0n) is 30.6. The van der Waals surface area contributed by atoms with Crippen molar-refractivity contribution in [2.45, 2.75) is 0 Å². The summed E-state index contributed by atoms with van der Waals surface area (Å²) in [4.78, 5) is 17.6. The molecule has 0 fully saturated rings. The first-order valence-electron chi connectivity index (χ1n) is 19.3. The molecule has 0 N–H and O–H groups in total. The number of benzene rings is 7. The standard InChI is InChI=1S/C48H31BN8/c1-2-14-32(15-3-1)55-43-25-10-11-26-44(43)57-46-31-34(52-39-21-6-4-18-36(39)37-19-13-29-50-47(37)52)27-28-45(46)56(49(55)57)35-17-12-16-33(30-35)53-41-23-8-9-24-42(41)54-40-22-7-5-20-38(40)51-48(53)54/h1-31H. The van der Waals surface area contributed by atoms with Crippen LogP contribution in [0.4, 0.5) is 34.1 Å². The van der Waals surface area contributed by atoms with Crippen molar-refractivity contribution in [3.63, 3.8) is 0 Å². The Morgan fingerprint density at radius 2 is 1.02 bits per heavy atom. The van der Waals surface area contributed by atoms with Gasteiger partial charge in [-0.3, -0.25) is 13.5 Å². The van der Waals surface area contributed by atoms with E-state index in [9.17, 15) is 0 Å². The lowest BCUT2D eigenvalue weighted by atomic mass is 9.86. The van der Waals surface area contributed by atoms with Crippen LogP contribution in [0.25, 0.3) is 61.2 Å². The van der Waals surface area contributed by atoms with E-state index < -0.39 is 0 Å². The Hall–Kier alpha value is -7.78. The zero-order valence-corrected chi connectivity index (χ0v) is 30.6. The highest BCUT2D eigenvalue weighted by molar-refractivity contribution is 6.80. The molecule has 0 radical (unpaired) electrons. The molecule has 0 aliphatic carbocycles. The largest absolute Gasteiger partial charge is 0.519 e. The normalized spacial score (nSPS) is 13.5. The van der Waals surface area contributed by atoms with E-state index in [2.05, 4.69) is 204 Å². The quantitative estimate of drug-likeness (QED) is 0.169. The number of fused-ring (bicyclic) bond motifs is 13. The van der Waals surface area contributed by atoms with Crippen molar-refractivity contribution in [1.29, 1.82) is 0 Å². The van der Waals surface area contributed by atoms with E-state index in [4.69, 9.17) is 9.97 Å². The smallest absolute Gasteiger partial charge is 0.344 e. The van der Waals surface area contributed by atoms with Gasteiger partial charge in [0.1, 0.15) is 5.65 Å². The van der Waals surface area contributed by atoms with Crippen LogP contribution in [0.15, 0.2) is 188 Å². The van der Waals surface area contributed by atoms with Crippen molar-refractivity contribution in [2.75, 3.05) is 14.4 Å². The minimum Gasteiger partial charge on any atom is -0.344 e. The Balaban J connectivity index is 1.06. The summed E-state index contributed by atoms with van der Waals surface area (Å²) in [5.74, 6) is 0.890. The van der Waals surface area contributed by atoms with E-state index in [1.807, 2.05) is 12.3 Å². The number of imidazole rings is 2. The van der Waals surface area contributed by atoms with E-state index in [0.29, 0.717) is 0 Å². The van der Waals surface area contributed by atoms with Crippen LogP contribution in [0.5, 0.6) is 0 Å². The van der Waals surface area contributed by atoms with Crippen molar-refractivity contribution >= 4 is 91.0 Å². The number of nitrogens with zero attached hydrogens (tertiary/aromatic N) is 8. The number of rotatable bonds is 4. The third-order valence-electron chi connectivity index (χ3n) is 11.8. The van der Waals surface area contributed by atoms with Crippen LogP contribution in [0, 0.1) is 0 Å². The van der Waals surface area contributed by atoms with Gasteiger partial charge in [0.25, 0.3) is 0 Å². The van der Waals surface area contributed by atoms with Gasteiger partial charge in [0.05, 0.1) is 56.0 Å². The van der Waals surface area contributed by atoms with Crippen LogP contribution in [-0.2, 0) is 0 Å². The van der Waals surface area contributed by atoms with Crippen LogP contribution in [0.3, 0.4) is 0 Å². The van der Waals surface area contributed by atoms with E-state index in [1.54, 1.807) is 0 Å². The van der Waals surface area contributed by atoms with Gasteiger partial charge >= 0.3 is 7.12 Å². The second kappa shape index (κ2) is 11.4. The van der Waals surface area contributed by atoms with Crippen LogP contribution < -0.4 is 14.4 Å². The number of anilines is 6. The minimum absolute atomic E-state index is 0.211. The van der Waals surface area contributed by atoms with Crippen molar-refractivity contribution in [3.8, 4) is 11.4 Å². The van der Waals surface area contributed by atoms with Gasteiger partial charge in [0.2, 0.25) is 5.78 Å². The molecule has 266 valence electrons. The highest BCUT2D eigenvalue weighted by Gasteiger charge is 2.53. The highest BCUT2D eigenvalue weighted by atomic mass is 15.4. The molecule has 0 atom stereocenters. The van der Waals surface area contributed by atoms with Gasteiger partial charge in [-0.2, -0.15) is 0 Å². The van der Waals surface area contributed by atoms with E-state index in [1.165, 1.54) is 5.39 Å². The molecule has 2 aliphatic rings. The topological polar surface area (TPSA) is 49.8 Å². The summed E-state index contributed by atoms with van der Waals surface area (Å²) in [7, 11) is -0.211. The first-order chi connectivity index (χ1) is 28.3. The fourth-order valence-electron chi connectivity index (χ4n) is 9.47. The Labute approximate surface area is 327 Å². The molecule has 13 rings (SSSR count). The van der Waals surface area contributed by atoms with Gasteiger partial charge in [0, 0.05) is 34.0 Å². The molecule has 2 aliphatic heterocycles. The predicted molar refractivity (Wildman–Crippen MR) is 233 cm³/mol. The first-order valence-corrected chi connectivity index (χ1v) is 19.3. The third-order valence-corrected chi connectivity index (χ3v) is 11.8. The first kappa shape index (κ1) is 30.5. The Morgan fingerprint density at radius 1 is 0.386 bits per heavy atom. The maximum Gasteiger partial charge on any atom is 0.519 e. The average Bonchev–Trinajstić information content (AvgIpc) is 4.06. The molecule has 57 heavy (non-hydrogen) atoms. The fraction of sp³-hybridized carbons (Fsp3) is 0. The van der Waals surface area contributed by atoms with E-state index >= 15 is 0 Å². The maximum atomic E-state index is 5.19. The van der Waals surface area contributed by atoms with Crippen molar-refractivity contribution < 1.29 is 0 Å². The molecule has 0 saturated heterocycles. The molecule has 0 bridgehead atoms. The molecule has 0 amide bonds. The van der Waals surface area contributed by atoms with Gasteiger partial charge in [-0.1, -0.05) is 78.9 Å². The molecule has 0 spiro atoms. The van der Waals surface area contributed by atoms with Crippen LogP contribution >= 0.6 is 0 Å². The van der Waals surface area contributed by atoms with Gasteiger partial charge < -0.3 is 14.4 Å². The molecular formula is C48H31BN8. The highest BCUT2D eigenvalue weighted by Crippen LogP contribution is 2.56. The van der Waals surface area contributed by atoms with E-state index in [0.717, 1.165) is 89.9 Å². The Bertz CT molecular complexity index is 3370. The lowest BCUT2D eigenvalue weighted by Crippen LogP contribution is -2.51. The number of para-hydroxylation sites is 8. The Morgan fingerprint density at radius 3 is 1.89 bits per heavy atom. The summed E-state index contributed by atoms with van der Waals surface area (Å²) in [6, 6.07) is 65.1. The van der Waals surface area contributed by atoms with Crippen molar-refractivity contribution in [2.24, 2.45) is 0 Å². The lowest BCUT2D eigenvalue weighted by Gasteiger charge is -2.31. The summed E-state index contributed by atoms with van der Waals surface area (Å²) in [5, 5.41) is 2.33. The molecule has 8 nitrogen and oxygen atoms in total. The molecule has 6 heterocycles. The second-order valence-electron chi connectivity index (χ2n) is 14.8. The van der Waals surface area contributed by atoms with Crippen LogP contribution in [-0.4, -0.2) is 30.6 Å². The fourth-order valence-corrected chi connectivity index (χ4v) is 9.47. The number of aromatic nitrogens is 5. The minimum atomic E-state index is -0.211. The Kier molecular flexibility index (Phi) is 6.10. The van der Waals surface area contributed by atoms with Crippen molar-refractivity contribution in [1.82, 2.24) is 23.5 Å². The summed E-state index contributed by atoms with van der Waals surface area (Å²) < 4.78 is 6.88. The number of hydrogen-bond donors (Lipinski definition) is 0. The van der Waals surface area contributed by atoms with Gasteiger partial charge in [-0.25, -0.2) is 9.97 Å². The number of pyridine rings is 1. The molecule has 11 aromatic rings. The molecular weight excluding hydrogens is 699 g/mol. The van der Waals surface area contributed by atoms with Crippen molar-refractivity contribution in [3.05, 3.63) is 188 Å². The summed E-state index contributed by atoms with van der Waals surface area (Å²) in [5.41, 5.74) is 15.3. The average molecular weight is 731 g/mol. The van der Waals surface area contributed by atoms with Gasteiger partial charge in [-0.05, 0) is 103 Å². The summed E-state index contributed by atoms with van der Waals surface area (Å²) >= 11 is 0. The third kappa shape index (κ3) is 4.12. The van der Waals surface area contributed by atoms with Crippen LogP contribution in [0.1, 0.15) is 0 Å². The molecule has 4 aromatic heterocycles.